The third-order valence-electron chi connectivity index (χ3n) is 1.80. The minimum atomic E-state index is -0.873. The van der Waals surface area contributed by atoms with Gasteiger partial charge in [-0.15, -0.1) is 0 Å². The summed E-state index contributed by atoms with van der Waals surface area (Å²) in [5.41, 5.74) is -1.35. The van der Waals surface area contributed by atoms with Gasteiger partial charge in [-0.2, -0.15) is 0 Å². The zero-order chi connectivity index (χ0) is 13.9. The molecule has 0 aliphatic carbocycles. The van der Waals surface area contributed by atoms with Gasteiger partial charge in [0, 0.05) is 12.1 Å². The molecule has 1 amide bonds. The maximum atomic E-state index is 13.3. The molecule has 0 radical (unpaired) electrons. The molecule has 0 spiro atoms. The van der Waals surface area contributed by atoms with Gasteiger partial charge in [-0.3, -0.25) is 15.4 Å². The largest absolute Gasteiger partial charge is 0.444 e. The molecule has 0 saturated heterocycles. The number of hydrogen-bond acceptors (Lipinski definition) is 4. The summed E-state index contributed by atoms with van der Waals surface area (Å²) < 4.78 is 18.2. The highest BCUT2D eigenvalue weighted by molar-refractivity contribution is 5.85. The standard InChI is InChI=1S/C11H13FN2O4/c1-11(2,3)18-10(15)13-9-6-7(14(16)17)4-5-8(9)12/h4-6H,1-3H3,(H,13,15). The number of non-ortho nitro benzene ring substituents is 1. The number of nitrogens with zero attached hydrogens (tertiary/aromatic N) is 1. The van der Waals surface area contributed by atoms with Gasteiger partial charge in [0.15, 0.2) is 0 Å². The van der Waals surface area contributed by atoms with Crippen molar-refractivity contribution in [2.24, 2.45) is 0 Å². The Labute approximate surface area is 103 Å². The molecule has 6 nitrogen and oxygen atoms in total. The first-order chi connectivity index (χ1) is 8.19. The molecule has 0 aliphatic heterocycles. The normalized spacial score (nSPS) is 10.9. The minimum Gasteiger partial charge on any atom is -0.444 e. The number of rotatable bonds is 2. The van der Waals surface area contributed by atoms with Crippen molar-refractivity contribution in [3.05, 3.63) is 34.1 Å². The lowest BCUT2D eigenvalue weighted by molar-refractivity contribution is -0.384. The summed E-state index contributed by atoms with van der Waals surface area (Å²) in [6.45, 7) is 4.95. The Kier molecular flexibility index (Phi) is 3.85. The average Bonchev–Trinajstić information content (AvgIpc) is 2.18. The zero-order valence-corrected chi connectivity index (χ0v) is 10.2. The van der Waals surface area contributed by atoms with Gasteiger partial charge in [0.1, 0.15) is 11.4 Å². The highest BCUT2D eigenvalue weighted by atomic mass is 19.1. The van der Waals surface area contributed by atoms with E-state index in [9.17, 15) is 19.3 Å². The number of amides is 1. The number of benzene rings is 1. The van der Waals surface area contributed by atoms with Crippen LogP contribution < -0.4 is 5.32 Å². The molecule has 1 rings (SSSR count). The van der Waals surface area contributed by atoms with Gasteiger partial charge in [0.25, 0.3) is 5.69 Å². The summed E-state index contributed by atoms with van der Waals surface area (Å²) >= 11 is 0. The van der Waals surface area contributed by atoms with Crippen molar-refractivity contribution < 1.29 is 18.8 Å². The van der Waals surface area contributed by atoms with E-state index in [0.29, 0.717) is 0 Å². The molecule has 0 heterocycles. The van der Waals surface area contributed by atoms with Gasteiger partial charge in [0.05, 0.1) is 10.6 Å². The number of hydrogen-bond donors (Lipinski definition) is 1. The van der Waals surface area contributed by atoms with Crippen molar-refractivity contribution in [1.82, 2.24) is 0 Å². The molecule has 0 bridgehead atoms. The first kappa shape index (κ1) is 13.9. The molecule has 0 aliphatic rings. The van der Waals surface area contributed by atoms with Crippen molar-refractivity contribution in [2.45, 2.75) is 26.4 Å². The first-order valence-electron chi connectivity index (χ1n) is 5.13. The summed E-state index contributed by atoms with van der Waals surface area (Å²) in [6.07, 6.45) is -0.873. The number of carbonyl (C=O) groups excluding carboxylic acids is 1. The smallest absolute Gasteiger partial charge is 0.412 e. The van der Waals surface area contributed by atoms with E-state index >= 15 is 0 Å². The van der Waals surface area contributed by atoms with Crippen molar-refractivity contribution in [1.29, 1.82) is 0 Å². The lowest BCUT2D eigenvalue weighted by Gasteiger charge is -2.19. The van der Waals surface area contributed by atoms with Crippen LogP contribution in [0.3, 0.4) is 0 Å². The van der Waals surface area contributed by atoms with Crippen LogP contribution in [0.1, 0.15) is 20.8 Å². The van der Waals surface area contributed by atoms with Crippen molar-refractivity contribution in [3.63, 3.8) is 0 Å². The summed E-state index contributed by atoms with van der Waals surface area (Å²) in [5.74, 6) is -0.772. The molecular formula is C11H13FN2O4. The minimum absolute atomic E-state index is 0.293. The van der Waals surface area contributed by atoms with Crippen molar-refractivity contribution >= 4 is 17.5 Å². The van der Waals surface area contributed by atoms with Crippen LogP contribution in [0.5, 0.6) is 0 Å². The number of ether oxygens (including phenoxy) is 1. The molecule has 0 aromatic heterocycles. The summed E-state index contributed by atoms with van der Waals surface area (Å²) in [6, 6.07) is 2.85. The molecule has 18 heavy (non-hydrogen) atoms. The fourth-order valence-electron chi connectivity index (χ4n) is 1.14. The Morgan fingerprint density at radius 2 is 2.06 bits per heavy atom. The Morgan fingerprint density at radius 3 is 2.56 bits per heavy atom. The first-order valence-corrected chi connectivity index (χ1v) is 5.13. The van der Waals surface area contributed by atoms with E-state index in [0.717, 1.165) is 18.2 Å². The Balaban J connectivity index is 2.87. The Hall–Kier alpha value is -2.18. The second kappa shape index (κ2) is 4.99. The average molecular weight is 256 g/mol. The van der Waals surface area contributed by atoms with Crippen molar-refractivity contribution in [2.75, 3.05) is 5.32 Å². The van der Waals surface area contributed by atoms with Crippen LogP contribution >= 0.6 is 0 Å². The maximum absolute atomic E-state index is 13.3. The number of nitrogens with one attached hydrogen (secondary N) is 1. The SMILES string of the molecule is CC(C)(C)OC(=O)Nc1cc([N+](=O)[O-])ccc1F. The summed E-state index contributed by atoms with van der Waals surface area (Å²) in [4.78, 5) is 21.2. The molecule has 1 aromatic carbocycles. The van der Waals surface area contributed by atoms with Gasteiger partial charge in [-0.05, 0) is 26.8 Å². The molecule has 7 heteroatoms. The molecular weight excluding hydrogens is 243 g/mol. The van der Waals surface area contributed by atoms with E-state index in [1.807, 2.05) is 0 Å². The van der Waals surface area contributed by atoms with Crippen LogP contribution in [-0.2, 0) is 4.74 Å². The molecule has 0 fully saturated rings. The van der Waals surface area contributed by atoms with Crippen LogP contribution in [0, 0.1) is 15.9 Å². The van der Waals surface area contributed by atoms with Gasteiger partial charge >= 0.3 is 6.09 Å². The van der Waals surface area contributed by atoms with Gasteiger partial charge in [-0.1, -0.05) is 0 Å². The number of anilines is 1. The summed E-state index contributed by atoms with van der Waals surface area (Å²) in [5, 5.41) is 12.6. The van der Waals surface area contributed by atoms with E-state index in [2.05, 4.69) is 5.32 Å². The Bertz CT molecular complexity index is 482. The predicted octanol–water partition coefficient (Wildman–Crippen LogP) is 3.08. The number of nitro benzene ring substituents is 1. The summed E-state index contributed by atoms with van der Waals surface area (Å²) in [7, 11) is 0. The van der Waals surface area contributed by atoms with Crippen LogP contribution in [0.15, 0.2) is 18.2 Å². The third kappa shape index (κ3) is 4.00. The topological polar surface area (TPSA) is 81.5 Å². The lowest BCUT2D eigenvalue weighted by Crippen LogP contribution is -2.27. The molecule has 0 saturated carbocycles. The van der Waals surface area contributed by atoms with Crippen molar-refractivity contribution in [3.8, 4) is 0 Å². The van der Waals surface area contributed by atoms with E-state index < -0.39 is 22.4 Å². The highest BCUT2D eigenvalue weighted by Crippen LogP contribution is 2.21. The fraction of sp³-hybridized carbons (Fsp3) is 0.364. The molecule has 1 aromatic rings. The van der Waals surface area contributed by atoms with E-state index in [4.69, 9.17) is 4.74 Å². The molecule has 0 unspecified atom stereocenters. The van der Waals surface area contributed by atoms with Gasteiger partial charge in [0.2, 0.25) is 0 Å². The number of carbonyl (C=O) groups is 1. The van der Waals surface area contributed by atoms with Crippen LogP contribution in [0.4, 0.5) is 20.6 Å². The third-order valence-corrected chi connectivity index (χ3v) is 1.80. The van der Waals surface area contributed by atoms with Gasteiger partial charge in [-0.25, -0.2) is 9.18 Å². The molecule has 98 valence electrons. The van der Waals surface area contributed by atoms with E-state index in [1.165, 1.54) is 0 Å². The second-order valence-electron chi connectivity index (χ2n) is 4.55. The monoisotopic (exact) mass is 256 g/mol. The molecule has 1 N–H and O–H groups in total. The number of nitro groups is 1. The number of halogens is 1. The van der Waals surface area contributed by atoms with Crippen LogP contribution in [-0.4, -0.2) is 16.6 Å². The van der Waals surface area contributed by atoms with Crippen LogP contribution in [0.25, 0.3) is 0 Å². The highest BCUT2D eigenvalue weighted by Gasteiger charge is 2.18. The van der Waals surface area contributed by atoms with Gasteiger partial charge < -0.3 is 4.74 Å². The fourth-order valence-corrected chi connectivity index (χ4v) is 1.14. The second-order valence-corrected chi connectivity index (χ2v) is 4.55. The quantitative estimate of drug-likeness (QED) is 0.651. The zero-order valence-electron chi connectivity index (χ0n) is 10.2. The van der Waals surface area contributed by atoms with E-state index in [-0.39, 0.29) is 11.4 Å². The Morgan fingerprint density at radius 1 is 1.44 bits per heavy atom. The van der Waals surface area contributed by atoms with E-state index in [1.54, 1.807) is 20.8 Å². The predicted molar refractivity (Wildman–Crippen MR) is 62.9 cm³/mol. The van der Waals surface area contributed by atoms with Crippen LogP contribution in [0.2, 0.25) is 0 Å². The molecule has 0 atom stereocenters. The lowest BCUT2D eigenvalue weighted by atomic mass is 10.2. The maximum Gasteiger partial charge on any atom is 0.412 e.